The normalized spacial score (nSPS) is 12.6. The van der Waals surface area contributed by atoms with Crippen LogP contribution in [0.5, 0.6) is 0 Å². The van der Waals surface area contributed by atoms with Gasteiger partial charge < -0.3 is 10.3 Å². The van der Waals surface area contributed by atoms with E-state index in [1.807, 2.05) is 10.3 Å². The number of anilines is 3. The fourth-order valence-corrected chi connectivity index (χ4v) is 2.50. The molecule has 0 saturated heterocycles. The van der Waals surface area contributed by atoms with Crippen molar-refractivity contribution in [2.75, 3.05) is 15.4 Å². The van der Waals surface area contributed by atoms with Crippen LogP contribution in [0.3, 0.4) is 0 Å². The highest BCUT2D eigenvalue weighted by Gasteiger charge is 2.35. The summed E-state index contributed by atoms with van der Waals surface area (Å²) in [6.45, 7) is 0. The number of benzene rings is 1. The van der Waals surface area contributed by atoms with Gasteiger partial charge in [0.25, 0.3) is 11.3 Å². The van der Waals surface area contributed by atoms with Crippen molar-refractivity contribution < 1.29 is 35.5 Å². The number of fused-ring (bicyclic) bond motifs is 1. The number of hydrogen-bond donors (Lipinski definition) is 5. The molecule has 1 aromatic carbocycles. The van der Waals surface area contributed by atoms with Gasteiger partial charge in [0.2, 0.25) is 5.82 Å². The van der Waals surface area contributed by atoms with Gasteiger partial charge in [-0.25, -0.2) is 32.7 Å². The zero-order valence-corrected chi connectivity index (χ0v) is 14.5. The summed E-state index contributed by atoms with van der Waals surface area (Å²) >= 11 is -2.67. The van der Waals surface area contributed by atoms with Crippen molar-refractivity contribution in [1.29, 1.82) is 0 Å². The van der Waals surface area contributed by atoms with Crippen molar-refractivity contribution in [2.45, 2.75) is 6.18 Å². The average Bonchev–Trinajstić information content (AvgIpc) is 3.07. The smallest absolute Gasteiger partial charge is 0.330 e. The molecule has 0 fully saturated rings. The maximum absolute atomic E-state index is 14.2. The van der Waals surface area contributed by atoms with E-state index in [4.69, 9.17) is 4.55 Å². The molecule has 2 heterocycles. The second-order valence-electron chi connectivity index (χ2n) is 5.22. The van der Waals surface area contributed by atoms with E-state index in [0.717, 1.165) is 12.4 Å². The number of imidazole rings is 1. The number of nitrogens with one attached hydrogen (secondary N) is 4. The third-order valence-corrected chi connectivity index (χ3v) is 3.71. The number of aromatic amines is 1. The van der Waals surface area contributed by atoms with Gasteiger partial charge in [0.05, 0.1) is 5.69 Å². The first-order chi connectivity index (χ1) is 13.6. The van der Waals surface area contributed by atoms with Crippen LogP contribution in [0.2, 0.25) is 0 Å². The number of amides is 2. The Morgan fingerprint density at radius 3 is 2.55 bits per heavy atom. The zero-order valence-electron chi connectivity index (χ0n) is 13.6. The van der Waals surface area contributed by atoms with Gasteiger partial charge in [0, 0.05) is 0 Å². The summed E-state index contributed by atoms with van der Waals surface area (Å²) in [4.78, 5) is 24.3. The molecule has 0 radical (unpaired) electrons. The first-order valence-corrected chi connectivity index (χ1v) is 8.38. The van der Waals surface area contributed by atoms with Crippen molar-refractivity contribution in [2.24, 2.45) is 0 Å². The predicted molar refractivity (Wildman–Crippen MR) is 90.1 cm³/mol. The maximum atomic E-state index is 14.2. The third kappa shape index (κ3) is 4.37. The Morgan fingerprint density at radius 1 is 1.17 bits per heavy atom. The Bertz CT molecular complexity index is 1120. The standard InChI is InChI=1S/C13H8F5N7O3S/c14-4-1-2-5(25-29(27)28)6(15)7(4)22-12(26)24-10-8-9(19-3-20-10)23-11(21-8)13(16,17)18/h1-3,25H,(H,27,28)(H3,19,20,21,22,23,24,26). The van der Waals surface area contributed by atoms with Crippen LogP contribution in [0.25, 0.3) is 11.2 Å². The van der Waals surface area contributed by atoms with E-state index in [-0.39, 0.29) is 5.52 Å². The quantitative estimate of drug-likeness (QED) is 0.314. The number of rotatable bonds is 4. The molecule has 16 heteroatoms. The lowest BCUT2D eigenvalue weighted by Crippen LogP contribution is -2.22. The topological polar surface area (TPSA) is 145 Å². The van der Waals surface area contributed by atoms with E-state index in [2.05, 4.69) is 15.0 Å². The highest BCUT2D eigenvalue weighted by atomic mass is 32.2. The Labute approximate surface area is 159 Å². The van der Waals surface area contributed by atoms with E-state index in [1.165, 1.54) is 0 Å². The lowest BCUT2D eigenvalue weighted by atomic mass is 10.2. The molecule has 3 rings (SSSR count). The number of alkyl halides is 3. The molecule has 0 saturated carbocycles. The van der Waals surface area contributed by atoms with E-state index in [9.17, 15) is 31.0 Å². The molecule has 2 amide bonds. The van der Waals surface area contributed by atoms with Gasteiger partial charge in [-0.15, -0.1) is 0 Å². The van der Waals surface area contributed by atoms with Gasteiger partial charge in [0.1, 0.15) is 23.3 Å². The summed E-state index contributed by atoms with van der Waals surface area (Å²) in [5, 5.41) is 3.81. The SMILES string of the molecule is O=C(Nc1c(F)ccc(NS(=O)O)c1F)Nc1ncnc2nc(C(F)(F)F)[nH]c12. The molecule has 154 valence electrons. The van der Waals surface area contributed by atoms with Gasteiger partial charge >= 0.3 is 12.2 Å². The summed E-state index contributed by atoms with van der Waals surface area (Å²) in [6.07, 6.45) is -3.99. The highest BCUT2D eigenvalue weighted by Crippen LogP contribution is 2.30. The fourth-order valence-electron chi connectivity index (χ4n) is 2.15. The van der Waals surface area contributed by atoms with Crippen molar-refractivity contribution in [1.82, 2.24) is 19.9 Å². The minimum Gasteiger partial charge on any atom is -0.330 e. The van der Waals surface area contributed by atoms with Crippen LogP contribution in [0.15, 0.2) is 18.5 Å². The second kappa shape index (κ2) is 7.55. The van der Waals surface area contributed by atoms with Crippen LogP contribution in [0.1, 0.15) is 5.82 Å². The molecular weight excluding hydrogens is 429 g/mol. The summed E-state index contributed by atoms with van der Waals surface area (Å²) in [5.74, 6) is -4.44. The first kappa shape index (κ1) is 20.3. The summed E-state index contributed by atoms with van der Waals surface area (Å²) in [5.41, 5.74) is -2.35. The molecule has 10 nitrogen and oxygen atoms in total. The van der Waals surface area contributed by atoms with E-state index < -0.39 is 63.8 Å². The zero-order chi connectivity index (χ0) is 21.3. The Hall–Kier alpha value is -3.40. The molecular formula is C13H8F5N7O3S. The van der Waals surface area contributed by atoms with E-state index in [0.29, 0.717) is 6.07 Å². The van der Waals surface area contributed by atoms with Gasteiger partial charge in [-0.1, -0.05) is 0 Å². The molecule has 0 aliphatic carbocycles. The lowest BCUT2D eigenvalue weighted by molar-refractivity contribution is -0.144. The van der Waals surface area contributed by atoms with Crippen molar-refractivity contribution in [3.8, 4) is 0 Å². The first-order valence-electron chi connectivity index (χ1n) is 7.27. The number of urea groups is 1. The minimum absolute atomic E-state index is 0.373. The molecule has 1 unspecified atom stereocenters. The number of carbonyl (C=O) groups excluding carboxylic acids is 1. The third-order valence-electron chi connectivity index (χ3n) is 3.32. The molecule has 3 aromatic rings. The van der Waals surface area contributed by atoms with Crippen LogP contribution in [0.4, 0.5) is 43.9 Å². The number of aromatic nitrogens is 4. The molecule has 0 spiro atoms. The molecule has 0 aliphatic heterocycles. The maximum Gasteiger partial charge on any atom is 0.449 e. The fraction of sp³-hybridized carbons (Fsp3) is 0.0769. The highest BCUT2D eigenvalue weighted by molar-refractivity contribution is 7.80. The Kier molecular flexibility index (Phi) is 5.29. The summed E-state index contributed by atoms with van der Waals surface area (Å²) in [7, 11) is 0. The largest absolute Gasteiger partial charge is 0.449 e. The van der Waals surface area contributed by atoms with Crippen molar-refractivity contribution in [3.63, 3.8) is 0 Å². The molecule has 29 heavy (non-hydrogen) atoms. The van der Waals surface area contributed by atoms with Crippen LogP contribution < -0.4 is 15.4 Å². The Balaban J connectivity index is 1.87. The van der Waals surface area contributed by atoms with Crippen LogP contribution in [-0.2, 0) is 17.4 Å². The molecule has 0 aliphatic rings. The molecule has 1 atom stereocenters. The van der Waals surface area contributed by atoms with Crippen molar-refractivity contribution in [3.05, 3.63) is 35.9 Å². The van der Waals surface area contributed by atoms with Gasteiger partial charge in [-0.05, 0) is 12.1 Å². The Morgan fingerprint density at radius 2 is 1.90 bits per heavy atom. The number of hydrogen-bond acceptors (Lipinski definition) is 5. The van der Waals surface area contributed by atoms with E-state index >= 15 is 0 Å². The summed E-state index contributed by atoms with van der Waals surface area (Å²) < 4.78 is 87.5. The van der Waals surface area contributed by atoms with Crippen LogP contribution in [0, 0.1) is 11.6 Å². The number of H-pyrrole nitrogens is 1. The van der Waals surface area contributed by atoms with Crippen molar-refractivity contribution >= 4 is 45.7 Å². The predicted octanol–water partition coefficient (Wildman–Crippen LogP) is 2.84. The molecule has 5 N–H and O–H groups in total. The minimum atomic E-state index is -4.81. The molecule has 0 bridgehead atoms. The van der Waals surface area contributed by atoms with Crippen LogP contribution in [-0.4, -0.2) is 34.7 Å². The summed E-state index contributed by atoms with van der Waals surface area (Å²) in [6, 6.07) is 0.258. The van der Waals surface area contributed by atoms with E-state index in [1.54, 1.807) is 10.0 Å². The number of halogens is 5. The monoisotopic (exact) mass is 437 g/mol. The number of carbonyl (C=O) groups is 1. The van der Waals surface area contributed by atoms with Crippen LogP contribution >= 0.6 is 0 Å². The lowest BCUT2D eigenvalue weighted by Gasteiger charge is -2.11. The second-order valence-corrected chi connectivity index (χ2v) is 5.92. The van der Waals surface area contributed by atoms with Gasteiger partial charge in [-0.2, -0.15) is 13.2 Å². The van der Waals surface area contributed by atoms with Gasteiger partial charge in [-0.3, -0.25) is 14.6 Å². The van der Waals surface area contributed by atoms with Gasteiger partial charge in [0.15, 0.2) is 17.3 Å². The number of nitrogens with zero attached hydrogens (tertiary/aromatic N) is 3. The molecule has 2 aromatic heterocycles. The average molecular weight is 437 g/mol.